The quantitative estimate of drug-likeness (QED) is 0.700. The number of rotatable bonds is 4. The molecule has 11 heteroatoms. The number of nitrogens with two attached hydrogens (primary N) is 1. The third kappa shape index (κ3) is 3.91. The summed E-state index contributed by atoms with van der Waals surface area (Å²) in [5.41, 5.74) is 4.92. The van der Waals surface area contributed by atoms with E-state index in [9.17, 15) is 9.00 Å². The Bertz CT molecular complexity index is 1240. The smallest absolute Gasteiger partial charge is 0.354 e. The van der Waals surface area contributed by atoms with E-state index in [1.807, 2.05) is 6.92 Å². The molecule has 3 heterocycles. The summed E-state index contributed by atoms with van der Waals surface area (Å²) in [6.45, 7) is 7.56. The predicted molar refractivity (Wildman–Crippen MR) is 123 cm³/mol. The van der Waals surface area contributed by atoms with E-state index in [4.69, 9.17) is 19.6 Å². The number of nitrogens with zero attached hydrogens (tertiary/aromatic N) is 4. The van der Waals surface area contributed by atoms with Crippen LogP contribution in [-0.4, -0.2) is 44.3 Å². The van der Waals surface area contributed by atoms with E-state index in [1.165, 1.54) is 6.20 Å². The van der Waals surface area contributed by atoms with E-state index in [0.29, 0.717) is 19.8 Å². The van der Waals surface area contributed by atoms with Crippen molar-refractivity contribution < 1.29 is 18.5 Å². The molecule has 3 N–H and O–H groups in total. The number of carbonyl (C=O) groups is 1. The number of aryl methyl sites for hydroxylation is 1. The van der Waals surface area contributed by atoms with Crippen LogP contribution in [0.3, 0.4) is 0 Å². The van der Waals surface area contributed by atoms with Gasteiger partial charge in [0.1, 0.15) is 17.6 Å². The first-order valence-electron chi connectivity index (χ1n) is 11.4. The first kappa shape index (κ1) is 22.3. The lowest BCUT2D eigenvalue weighted by molar-refractivity contribution is -0.00758. The van der Waals surface area contributed by atoms with E-state index in [1.54, 1.807) is 4.68 Å². The second kappa shape index (κ2) is 8.07. The van der Waals surface area contributed by atoms with Crippen LogP contribution in [0.4, 0.5) is 10.5 Å². The highest BCUT2D eigenvalue weighted by Crippen LogP contribution is 2.44. The highest BCUT2D eigenvalue weighted by Gasteiger charge is 2.36. The number of hydrogen-bond acceptors (Lipinski definition) is 6. The summed E-state index contributed by atoms with van der Waals surface area (Å²) in [7, 11) is -3.56. The van der Waals surface area contributed by atoms with Gasteiger partial charge in [-0.1, -0.05) is 13.8 Å². The molecule has 3 aliphatic rings. The van der Waals surface area contributed by atoms with Gasteiger partial charge in [-0.25, -0.2) is 18.8 Å². The van der Waals surface area contributed by atoms with E-state index < -0.39 is 15.9 Å². The summed E-state index contributed by atoms with van der Waals surface area (Å²) < 4.78 is 30.0. The minimum absolute atomic E-state index is 0.0427. The Balaban J connectivity index is 1.45. The number of pyridine rings is 1. The molecule has 178 valence electrons. The molecule has 10 nitrogen and oxygen atoms in total. The maximum absolute atomic E-state index is 13.3. The maximum Gasteiger partial charge on any atom is 0.354 e. The van der Waals surface area contributed by atoms with Gasteiger partial charge in [-0.05, 0) is 50.2 Å². The molecule has 5 rings (SSSR count). The Labute approximate surface area is 193 Å². The van der Waals surface area contributed by atoms with Crippen LogP contribution in [0.2, 0.25) is 0 Å². The van der Waals surface area contributed by atoms with Crippen LogP contribution in [0.1, 0.15) is 56.1 Å². The zero-order chi connectivity index (χ0) is 23.4. The van der Waals surface area contributed by atoms with Crippen LogP contribution in [0.15, 0.2) is 15.5 Å². The zero-order valence-corrected chi connectivity index (χ0v) is 20.0. The number of aromatic nitrogens is 3. The lowest BCUT2D eigenvalue weighted by Gasteiger charge is -2.24. The minimum atomic E-state index is -3.56. The number of amides is 2. The number of fused-ring (bicyclic) bond motifs is 3. The Morgan fingerprint density at radius 2 is 2.21 bits per heavy atom. The largest absolute Gasteiger partial charge is 0.474 e. The molecule has 2 aliphatic carbocycles. The summed E-state index contributed by atoms with van der Waals surface area (Å²) in [5, 5.41) is 13.2. The molecule has 2 aromatic rings. The van der Waals surface area contributed by atoms with Crippen molar-refractivity contribution in [3.05, 3.63) is 28.7 Å². The van der Waals surface area contributed by atoms with Crippen LogP contribution in [0.25, 0.3) is 0 Å². The molecule has 0 radical (unpaired) electrons. The molecule has 0 aromatic carbocycles. The Morgan fingerprint density at radius 3 is 3.00 bits per heavy atom. The number of anilines is 1. The standard InChI is InChI=1S/C22H30N6O4S/c1-4-31-13-11-28-20(32-12-13)17(10-24-28)33(23,30)27-21(29)26-18-14-6-5-7-16(14)25-19-15(18)8-9-22(19,2)3/h10,13H,4-9,11-12H2,1-3H3,(H3,23,25,26,27,29,30). The van der Waals surface area contributed by atoms with Crippen LogP contribution < -0.4 is 15.2 Å². The van der Waals surface area contributed by atoms with Crippen molar-refractivity contribution in [2.45, 2.75) is 75.8 Å². The van der Waals surface area contributed by atoms with Gasteiger partial charge in [-0.3, -0.25) is 4.98 Å². The van der Waals surface area contributed by atoms with Gasteiger partial charge in [-0.2, -0.15) is 5.10 Å². The van der Waals surface area contributed by atoms with Gasteiger partial charge < -0.3 is 14.8 Å². The van der Waals surface area contributed by atoms with Crippen LogP contribution in [0.5, 0.6) is 5.88 Å². The average molecular weight is 475 g/mol. The molecular weight excluding hydrogens is 444 g/mol. The number of ether oxygens (including phenoxy) is 2. The number of carbonyl (C=O) groups excluding carboxylic acids is 1. The third-order valence-electron chi connectivity index (χ3n) is 6.68. The normalized spacial score (nSPS) is 22.0. The first-order valence-corrected chi connectivity index (χ1v) is 13.0. The van der Waals surface area contributed by atoms with Crippen molar-refractivity contribution in [3.63, 3.8) is 0 Å². The van der Waals surface area contributed by atoms with Gasteiger partial charge in [-0.15, -0.1) is 4.36 Å². The Morgan fingerprint density at radius 1 is 1.39 bits per heavy atom. The molecule has 0 bridgehead atoms. The van der Waals surface area contributed by atoms with Gasteiger partial charge in [0.15, 0.2) is 9.92 Å². The molecule has 33 heavy (non-hydrogen) atoms. The summed E-state index contributed by atoms with van der Waals surface area (Å²) in [5.74, 6) is 0.266. The van der Waals surface area contributed by atoms with E-state index in [-0.39, 0.29) is 22.3 Å². The van der Waals surface area contributed by atoms with Gasteiger partial charge in [0.25, 0.3) is 0 Å². The fourth-order valence-electron chi connectivity index (χ4n) is 5.02. The monoisotopic (exact) mass is 474 g/mol. The lowest BCUT2D eigenvalue weighted by Crippen LogP contribution is -2.33. The average Bonchev–Trinajstić information content (AvgIpc) is 3.45. The minimum Gasteiger partial charge on any atom is -0.474 e. The van der Waals surface area contributed by atoms with E-state index in [2.05, 4.69) is 28.6 Å². The van der Waals surface area contributed by atoms with Crippen molar-refractivity contribution in [1.29, 1.82) is 0 Å². The topological polar surface area (TPSA) is 134 Å². The van der Waals surface area contributed by atoms with Crippen LogP contribution >= 0.6 is 0 Å². The first-order chi connectivity index (χ1) is 15.7. The summed E-state index contributed by atoms with van der Waals surface area (Å²) >= 11 is 0. The van der Waals surface area contributed by atoms with Gasteiger partial charge in [0, 0.05) is 17.7 Å². The molecular formula is C22H30N6O4S. The Hall–Kier alpha value is -2.50. The fraction of sp³-hybridized carbons (Fsp3) is 0.591. The second-order valence-corrected chi connectivity index (χ2v) is 11.2. The number of urea groups is 1. The van der Waals surface area contributed by atoms with E-state index in [0.717, 1.165) is 60.3 Å². The maximum atomic E-state index is 13.3. The van der Waals surface area contributed by atoms with Crippen molar-refractivity contribution in [3.8, 4) is 5.88 Å². The summed E-state index contributed by atoms with van der Waals surface area (Å²) in [4.78, 5) is 18.0. The molecule has 2 aromatic heterocycles. The summed E-state index contributed by atoms with van der Waals surface area (Å²) in [6, 6.07) is -0.738. The van der Waals surface area contributed by atoms with Gasteiger partial charge >= 0.3 is 6.03 Å². The molecule has 0 saturated carbocycles. The molecule has 0 spiro atoms. The number of nitrogens with one attached hydrogen (secondary N) is 1. The van der Waals surface area contributed by atoms with Crippen molar-refractivity contribution in [1.82, 2.24) is 14.8 Å². The molecule has 2 atom stereocenters. The van der Waals surface area contributed by atoms with E-state index >= 15 is 0 Å². The second-order valence-electron chi connectivity index (χ2n) is 9.45. The zero-order valence-electron chi connectivity index (χ0n) is 19.2. The molecule has 1 aliphatic heterocycles. The Kier molecular flexibility index (Phi) is 5.45. The third-order valence-corrected chi connectivity index (χ3v) is 8.02. The number of hydrogen-bond donors (Lipinski definition) is 2. The predicted octanol–water partition coefficient (Wildman–Crippen LogP) is 2.72. The molecule has 2 unspecified atom stereocenters. The SMILES string of the molecule is CCOC1COc2c(S(N)(=O)=NC(=O)Nc3c4c(nc5c3CCC5(C)C)CCC4)cnn2C1. The highest BCUT2D eigenvalue weighted by atomic mass is 32.2. The van der Waals surface area contributed by atoms with Gasteiger partial charge in [0.05, 0.1) is 24.1 Å². The van der Waals surface area contributed by atoms with Crippen molar-refractivity contribution >= 4 is 21.6 Å². The lowest BCUT2D eigenvalue weighted by atomic mass is 9.90. The van der Waals surface area contributed by atoms with Crippen LogP contribution in [0, 0.1) is 0 Å². The van der Waals surface area contributed by atoms with Gasteiger partial charge in [0.2, 0.25) is 5.88 Å². The van der Waals surface area contributed by atoms with Crippen molar-refractivity contribution in [2.75, 3.05) is 18.5 Å². The fourth-order valence-corrected chi connectivity index (χ4v) is 6.03. The van der Waals surface area contributed by atoms with Crippen LogP contribution in [-0.2, 0) is 45.9 Å². The molecule has 0 saturated heterocycles. The summed E-state index contributed by atoms with van der Waals surface area (Å²) in [6.07, 6.45) is 5.76. The molecule has 0 fully saturated rings. The van der Waals surface area contributed by atoms with Crippen molar-refractivity contribution in [2.24, 2.45) is 9.50 Å². The highest BCUT2D eigenvalue weighted by molar-refractivity contribution is 7.91. The molecule has 2 amide bonds.